The molecule has 1 heterocycles. The van der Waals surface area contributed by atoms with Crippen LogP contribution in [0, 0.1) is 0 Å². The lowest BCUT2D eigenvalue weighted by Gasteiger charge is -2.39. The Bertz CT molecular complexity index is 3400. The van der Waals surface area contributed by atoms with Crippen LogP contribution in [0.3, 0.4) is 0 Å². The van der Waals surface area contributed by atoms with E-state index in [-0.39, 0.29) is 5.41 Å². The van der Waals surface area contributed by atoms with Crippen molar-refractivity contribution in [2.24, 2.45) is 0 Å². The number of anilines is 3. The number of para-hydroxylation sites is 1. The molecule has 304 valence electrons. The van der Waals surface area contributed by atoms with Gasteiger partial charge in [-0.1, -0.05) is 178 Å². The maximum atomic E-state index is 6.78. The molecule has 2 nitrogen and oxygen atoms in total. The molecule has 9 aromatic rings. The van der Waals surface area contributed by atoms with E-state index in [9.17, 15) is 0 Å². The van der Waals surface area contributed by atoms with Crippen LogP contribution in [0.15, 0.2) is 218 Å². The lowest BCUT2D eigenvalue weighted by Crippen LogP contribution is -2.32. The second-order valence-corrected chi connectivity index (χ2v) is 18.3. The van der Waals surface area contributed by atoms with Crippen LogP contribution in [0.25, 0.3) is 49.7 Å². The minimum atomic E-state index is -0.514. The molecule has 0 aromatic heterocycles. The number of benzene rings is 9. The van der Waals surface area contributed by atoms with Crippen molar-refractivity contribution in [2.45, 2.75) is 37.5 Å². The third-order valence-corrected chi connectivity index (χ3v) is 14.6. The van der Waals surface area contributed by atoms with Crippen molar-refractivity contribution in [3.05, 3.63) is 251 Å². The van der Waals surface area contributed by atoms with E-state index in [0.29, 0.717) is 0 Å². The lowest BCUT2D eigenvalue weighted by molar-refractivity contribution is 0.436. The third kappa shape index (κ3) is 5.20. The van der Waals surface area contributed by atoms with Crippen molar-refractivity contribution in [3.8, 4) is 44.9 Å². The summed E-state index contributed by atoms with van der Waals surface area (Å²) in [6.07, 6.45) is 6.88. The average Bonchev–Trinajstić information content (AvgIpc) is 3.77. The first-order chi connectivity index (χ1) is 31.5. The van der Waals surface area contributed by atoms with Gasteiger partial charge >= 0.3 is 0 Å². The van der Waals surface area contributed by atoms with Gasteiger partial charge in [0.05, 0.1) is 11.1 Å². The molecule has 0 saturated carbocycles. The second kappa shape index (κ2) is 13.9. The first-order valence-corrected chi connectivity index (χ1v) is 22.6. The summed E-state index contributed by atoms with van der Waals surface area (Å²) < 4.78 is 6.78. The fourth-order valence-corrected chi connectivity index (χ4v) is 11.8. The summed E-state index contributed by atoms with van der Waals surface area (Å²) >= 11 is 0. The molecule has 64 heavy (non-hydrogen) atoms. The normalized spacial score (nSPS) is 15.5. The van der Waals surface area contributed by atoms with Gasteiger partial charge < -0.3 is 9.64 Å². The molecule has 4 aliphatic rings. The molecule has 9 aromatic carbocycles. The number of hydrogen-bond donors (Lipinski definition) is 0. The fourth-order valence-electron chi connectivity index (χ4n) is 11.8. The van der Waals surface area contributed by atoms with E-state index in [1.807, 2.05) is 0 Å². The molecule has 13 rings (SSSR count). The summed E-state index contributed by atoms with van der Waals surface area (Å²) in [6.45, 7) is 4.77. The van der Waals surface area contributed by atoms with Crippen LogP contribution < -0.4 is 9.64 Å². The molecule has 0 N–H and O–H groups in total. The first kappa shape index (κ1) is 36.9. The maximum absolute atomic E-state index is 6.78. The maximum Gasteiger partial charge on any atom is 0.132 e. The van der Waals surface area contributed by atoms with Crippen LogP contribution in [-0.2, 0) is 10.8 Å². The smallest absolute Gasteiger partial charge is 0.132 e. The summed E-state index contributed by atoms with van der Waals surface area (Å²) in [6, 6.07) is 74.0. The third-order valence-electron chi connectivity index (χ3n) is 14.6. The van der Waals surface area contributed by atoms with Gasteiger partial charge in [-0.2, -0.15) is 0 Å². The topological polar surface area (TPSA) is 12.5 Å². The highest BCUT2D eigenvalue weighted by Crippen LogP contribution is 2.62. The highest BCUT2D eigenvalue weighted by atomic mass is 16.5. The van der Waals surface area contributed by atoms with Gasteiger partial charge in [-0.25, -0.2) is 0 Å². The van der Waals surface area contributed by atoms with Gasteiger partial charge in [0.2, 0.25) is 0 Å². The Balaban J connectivity index is 0.991. The van der Waals surface area contributed by atoms with Gasteiger partial charge in [-0.05, 0) is 133 Å². The number of fused-ring (bicyclic) bond motifs is 12. The molecule has 2 heteroatoms. The van der Waals surface area contributed by atoms with Crippen molar-refractivity contribution in [1.29, 1.82) is 0 Å². The quantitative estimate of drug-likeness (QED) is 0.171. The monoisotopic (exact) mass is 819 g/mol. The van der Waals surface area contributed by atoms with Crippen molar-refractivity contribution >= 4 is 33.4 Å². The Hall–Kier alpha value is -7.68. The molecular weight excluding hydrogens is 775 g/mol. The van der Waals surface area contributed by atoms with E-state index >= 15 is 0 Å². The highest BCUT2D eigenvalue weighted by Gasteiger charge is 2.51. The van der Waals surface area contributed by atoms with Crippen LogP contribution in [0.2, 0.25) is 0 Å². The van der Waals surface area contributed by atoms with Crippen LogP contribution in [0.4, 0.5) is 17.1 Å². The molecule has 0 fully saturated rings. The molecule has 0 bridgehead atoms. The van der Waals surface area contributed by atoms with E-state index in [1.54, 1.807) is 0 Å². The average molecular weight is 820 g/mol. The number of allylic oxidation sites excluding steroid dienone is 4. The molecule has 0 amide bonds. The standard InChI is InChI=1S/C62H45NO/c1-61(2)51-23-11-8-22-49(51)50-39-45(34-35-52(50)61)63(57-36-30-41-16-6-7-19-46(41)60(57)42-17-4-3-5-18-42)44-32-28-40(29-33-44)43-31-37-59-56(38-43)62(55-26-14-15-27-58(55)64-59)53-24-12-9-20-47(53)48-21-10-13-25-54(48)62/h3-7,9-21,23-39H,8,22H2,1-2H3. The molecular formula is C62H45NO. The second-order valence-electron chi connectivity index (χ2n) is 18.3. The van der Waals surface area contributed by atoms with Gasteiger partial charge in [0.1, 0.15) is 11.5 Å². The Morgan fingerprint density at radius 2 is 1.12 bits per heavy atom. The number of rotatable bonds is 5. The van der Waals surface area contributed by atoms with E-state index in [4.69, 9.17) is 4.74 Å². The van der Waals surface area contributed by atoms with Crippen molar-refractivity contribution in [2.75, 3.05) is 4.90 Å². The zero-order valence-electron chi connectivity index (χ0n) is 36.0. The van der Waals surface area contributed by atoms with Crippen LogP contribution >= 0.6 is 0 Å². The molecule has 0 atom stereocenters. The van der Waals surface area contributed by atoms with Gasteiger partial charge in [0, 0.05) is 33.5 Å². The van der Waals surface area contributed by atoms with E-state index in [1.165, 1.54) is 77.6 Å². The van der Waals surface area contributed by atoms with E-state index < -0.39 is 5.41 Å². The van der Waals surface area contributed by atoms with Gasteiger partial charge in [-0.15, -0.1) is 0 Å². The summed E-state index contributed by atoms with van der Waals surface area (Å²) in [5, 5.41) is 2.46. The summed E-state index contributed by atoms with van der Waals surface area (Å²) in [5.74, 6) is 1.80. The van der Waals surface area contributed by atoms with Gasteiger partial charge in [-0.3, -0.25) is 0 Å². The zero-order chi connectivity index (χ0) is 42.6. The van der Waals surface area contributed by atoms with Crippen LogP contribution in [0.5, 0.6) is 11.5 Å². The molecule has 0 radical (unpaired) electrons. The Labute approximate surface area is 375 Å². The summed E-state index contributed by atoms with van der Waals surface area (Å²) in [7, 11) is 0. The lowest BCUT2D eigenvalue weighted by atomic mass is 9.66. The predicted molar refractivity (Wildman–Crippen MR) is 265 cm³/mol. The summed E-state index contributed by atoms with van der Waals surface area (Å²) in [4.78, 5) is 2.49. The zero-order valence-corrected chi connectivity index (χ0v) is 36.0. The highest BCUT2D eigenvalue weighted by molar-refractivity contribution is 6.05. The fraction of sp³-hybridized carbons (Fsp3) is 0.0968. The van der Waals surface area contributed by atoms with Crippen molar-refractivity contribution in [3.63, 3.8) is 0 Å². The summed E-state index contributed by atoms with van der Waals surface area (Å²) in [5.41, 5.74) is 20.8. The molecule has 3 aliphatic carbocycles. The molecule has 1 aliphatic heterocycles. The Morgan fingerprint density at radius 3 is 1.92 bits per heavy atom. The molecule has 1 spiro atoms. The molecule has 0 unspecified atom stereocenters. The first-order valence-electron chi connectivity index (χ1n) is 22.6. The van der Waals surface area contributed by atoms with Gasteiger partial charge in [0.15, 0.2) is 0 Å². The van der Waals surface area contributed by atoms with E-state index in [2.05, 4.69) is 231 Å². The largest absolute Gasteiger partial charge is 0.457 e. The number of hydrogen-bond acceptors (Lipinski definition) is 2. The minimum Gasteiger partial charge on any atom is -0.457 e. The number of ether oxygens (including phenoxy) is 1. The van der Waals surface area contributed by atoms with E-state index in [0.717, 1.165) is 52.5 Å². The number of nitrogens with zero attached hydrogens (tertiary/aromatic N) is 1. The van der Waals surface area contributed by atoms with Crippen molar-refractivity contribution < 1.29 is 4.74 Å². The molecule has 0 saturated heterocycles. The SMILES string of the molecule is CC1(C)C2=C(CCC=C2)c2cc(N(c3ccc(-c4ccc5c(c4)C4(c6ccccc6O5)c5ccccc5-c5ccccc54)cc3)c3ccc4ccccc4c3-c3ccccc3)ccc21. The van der Waals surface area contributed by atoms with Gasteiger partial charge in [0.25, 0.3) is 0 Å². The van der Waals surface area contributed by atoms with Crippen LogP contribution in [-0.4, -0.2) is 0 Å². The van der Waals surface area contributed by atoms with Crippen molar-refractivity contribution in [1.82, 2.24) is 0 Å². The van der Waals surface area contributed by atoms with Crippen LogP contribution in [0.1, 0.15) is 60.1 Å². The Morgan fingerprint density at radius 1 is 0.469 bits per heavy atom. The minimum absolute atomic E-state index is 0.0338. The predicted octanol–water partition coefficient (Wildman–Crippen LogP) is 16.5. The Kier molecular flexibility index (Phi) is 8.03.